The van der Waals surface area contributed by atoms with Crippen molar-refractivity contribution >= 4 is 5.78 Å². The maximum atomic E-state index is 10.9. The average Bonchev–Trinajstić information content (AvgIpc) is 1.80. The van der Waals surface area contributed by atoms with Gasteiger partial charge in [0.15, 0.2) is 5.78 Å². The molecule has 0 saturated carbocycles. The lowest BCUT2D eigenvalue weighted by Gasteiger charge is -2.13. The molecule has 0 bridgehead atoms. The Labute approximate surface area is 55.8 Å². The van der Waals surface area contributed by atoms with Crippen molar-refractivity contribution in [2.75, 3.05) is 0 Å². The zero-order valence-electron chi connectivity index (χ0n) is 5.98. The van der Waals surface area contributed by atoms with E-state index in [1.807, 2.05) is 13.0 Å². The SMILES string of the molecule is CC1=CC[C@H](C)CC1=O. The van der Waals surface area contributed by atoms with Crippen LogP contribution in [-0.4, -0.2) is 5.78 Å². The fraction of sp³-hybridized carbons (Fsp3) is 0.625. The highest BCUT2D eigenvalue weighted by Gasteiger charge is 2.14. The van der Waals surface area contributed by atoms with Gasteiger partial charge in [-0.05, 0) is 24.8 Å². The molecule has 0 aromatic heterocycles. The molecule has 9 heavy (non-hydrogen) atoms. The van der Waals surface area contributed by atoms with Crippen LogP contribution in [-0.2, 0) is 4.79 Å². The number of carbonyl (C=O) groups excluding carboxylic acids is 1. The Morgan fingerprint density at radius 3 is 2.78 bits per heavy atom. The number of hydrogen-bond acceptors (Lipinski definition) is 1. The van der Waals surface area contributed by atoms with E-state index in [0.29, 0.717) is 11.7 Å². The third-order valence-corrected chi connectivity index (χ3v) is 1.80. The van der Waals surface area contributed by atoms with Crippen molar-refractivity contribution in [3.63, 3.8) is 0 Å². The van der Waals surface area contributed by atoms with Crippen LogP contribution < -0.4 is 0 Å². The first-order valence-electron chi connectivity index (χ1n) is 3.40. The molecule has 0 spiro atoms. The summed E-state index contributed by atoms with van der Waals surface area (Å²) in [7, 11) is 0. The fourth-order valence-corrected chi connectivity index (χ4v) is 1.05. The molecule has 0 aromatic rings. The minimum atomic E-state index is 0.328. The van der Waals surface area contributed by atoms with Crippen LogP contribution in [0.3, 0.4) is 0 Å². The fourth-order valence-electron chi connectivity index (χ4n) is 1.05. The van der Waals surface area contributed by atoms with E-state index in [0.717, 1.165) is 18.4 Å². The van der Waals surface area contributed by atoms with Crippen molar-refractivity contribution in [3.05, 3.63) is 11.6 Å². The molecule has 0 aliphatic heterocycles. The van der Waals surface area contributed by atoms with Crippen LogP contribution in [0.2, 0.25) is 0 Å². The summed E-state index contributed by atoms with van der Waals surface area (Å²) in [6.07, 6.45) is 3.87. The zero-order valence-corrected chi connectivity index (χ0v) is 5.98. The van der Waals surface area contributed by atoms with Crippen molar-refractivity contribution in [1.82, 2.24) is 0 Å². The summed E-state index contributed by atoms with van der Waals surface area (Å²) >= 11 is 0. The van der Waals surface area contributed by atoms with Gasteiger partial charge in [-0.3, -0.25) is 4.79 Å². The lowest BCUT2D eigenvalue weighted by atomic mass is 9.91. The van der Waals surface area contributed by atoms with Crippen molar-refractivity contribution < 1.29 is 4.79 Å². The van der Waals surface area contributed by atoms with E-state index in [1.165, 1.54) is 0 Å². The Bertz CT molecular complexity index is 156. The summed E-state index contributed by atoms with van der Waals surface area (Å²) in [5.74, 6) is 0.898. The molecule has 1 rings (SSSR count). The molecule has 0 heterocycles. The lowest BCUT2D eigenvalue weighted by molar-refractivity contribution is -0.116. The molecule has 0 amide bonds. The minimum absolute atomic E-state index is 0.328. The number of ketones is 1. The summed E-state index contributed by atoms with van der Waals surface area (Å²) in [6, 6.07) is 0. The van der Waals surface area contributed by atoms with E-state index < -0.39 is 0 Å². The second kappa shape index (κ2) is 2.34. The lowest BCUT2D eigenvalue weighted by Crippen LogP contribution is -2.11. The topological polar surface area (TPSA) is 17.1 Å². The van der Waals surface area contributed by atoms with Crippen LogP contribution in [0.15, 0.2) is 11.6 Å². The smallest absolute Gasteiger partial charge is 0.158 e. The Morgan fingerprint density at radius 2 is 2.33 bits per heavy atom. The Hall–Kier alpha value is -0.590. The molecule has 1 heteroatoms. The molecule has 50 valence electrons. The van der Waals surface area contributed by atoms with Crippen molar-refractivity contribution in [2.45, 2.75) is 26.7 Å². The van der Waals surface area contributed by atoms with Gasteiger partial charge in [-0.1, -0.05) is 13.0 Å². The molecule has 0 unspecified atom stereocenters. The molecule has 0 radical (unpaired) electrons. The van der Waals surface area contributed by atoms with Gasteiger partial charge >= 0.3 is 0 Å². The van der Waals surface area contributed by atoms with E-state index in [9.17, 15) is 4.79 Å². The molecule has 1 aliphatic carbocycles. The number of allylic oxidation sites excluding steroid dienone is 2. The molecule has 0 saturated heterocycles. The van der Waals surface area contributed by atoms with Gasteiger partial charge < -0.3 is 0 Å². The maximum absolute atomic E-state index is 10.9. The summed E-state index contributed by atoms with van der Waals surface area (Å²) < 4.78 is 0. The van der Waals surface area contributed by atoms with Gasteiger partial charge in [-0.25, -0.2) is 0 Å². The first kappa shape index (κ1) is 6.53. The zero-order chi connectivity index (χ0) is 6.85. The van der Waals surface area contributed by atoms with Crippen LogP contribution >= 0.6 is 0 Å². The number of rotatable bonds is 0. The summed E-state index contributed by atoms with van der Waals surface area (Å²) in [4.78, 5) is 10.9. The Morgan fingerprint density at radius 1 is 1.67 bits per heavy atom. The van der Waals surface area contributed by atoms with E-state index in [1.54, 1.807) is 0 Å². The summed E-state index contributed by atoms with van der Waals surface area (Å²) in [5, 5.41) is 0. The monoisotopic (exact) mass is 124 g/mol. The van der Waals surface area contributed by atoms with Gasteiger partial charge in [0.05, 0.1) is 0 Å². The van der Waals surface area contributed by atoms with Gasteiger partial charge in [-0.15, -0.1) is 0 Å². The summed E-state index contributed by atoms with van der Waals surface area (Å²) in [5.41, 5.74) is 0.952. The highest BCUT2D eigenvalue weighted by atomic mass is 16.1. The van der Waals surface area contributed by atoms with Gasteiger partial charge in [0, 0.05) is 6.42 Å². The molecule has 1 atom stereocenters. The maximum Gasteiger partial charge on any atom is 0.158 e. The molecule has 1 aliphatic rings. The number of Topliss-reactive ketones (excluding diaryl/α,β-unsaturated/α-hetero) is 1. The van der Waals surface area contributed by atoms with Crippen molar-refractivity contribution in [2.24, 2.45) is 5.92 Å². The number of hydrogen-bond donors (Lipinski definition) is 0. The predicted molar refractivity (Wildman–Crippen MR) is 37.2 cm³/mol. The first-order valence-corrected chi connectivity index (χ1v) is 3.40. The van der Waals surface area contributed by atoms with Gasteiger partial charge in [0.25, 0.3) is 0 Å². The van der Waals surface area contributed by atoms with E-state index >= 15 is 0 Å². The largest absolute Gasteiger partial charge is 0.295 e. The number of carbonyl (C=O) groups is 1. The van der Waals surface area contributed by atoms with Crippen LogP contribution in [0, 0.1) is 5.92 Å². The van der Waals surface area contributed by atoms with Crippen molar-refractivity contribution in [3.8, 4) is 0 Å². The molecule has 0 fully saturated rings. The average molecular weight is 124 g/mol. The molecule has 0 aromatic carbocycles. The van der Waals surface area contributed by atoms with Crippen LogP contribution in [0.25, 0.3) is 0 Å². The molecular weight excluding hydrogens is 112 g/mol. The van der Waals surface area contributed by atoms with Gasteiger partial charge in [0.2, 0.25) is 0 Å². The molecule has 0 N–H and O–H groups in total. The van der Waals surface area contributed by atoms with Gasteiger partial charge in [-0.2, -0.15) is 0 Å². The van der Waals surface area contributed by atoms with Crippen molar-refractivity contribution in [1.29, 1.82) is 0 Å². The minimum Gasteiger partial charge on any atom is -0.295 e. The predicted octanol–water partition coefficient (Wildman–Crippen LogP) is 1.93. The second-order valence-electron chi connectivity index (χ2n) is 2.86. The first-order chi connectivity index (χ1) is 4.20. The Balaban J connectivity index is 2.68. The van der Waals surface area contributed by atoms with E-state index in [-0.39, 0.29) is 0 Å². The van der Waals surface area contributed by atoms with Crippen LogP contribution in [0.4, 0.5) is 0 Å². The van der Waals surface area contributed by atoms with Crippen LogP contribution in [0.1, 0.15) is 26.7 Å². The van der Waals surface area contributed by atoms with E-state index in [2.05, 4.69) is 6.92 Å². The normalized spacial score (nSPS) is 28.0. The molecule has 1 nitrogen and oxygen atoms in total. The third-order valence-electron chi connectivity index (χ3n) is 1.80. The Kier molecular flexibility index (Phi) is 1.70. The highest BCUT2D eigenvalue weighted by Crippen LogP contribution is 2.18. The second-order valence-corrected chi connectivity index (χ2v) is 2.86. The quantitative estimate of drug-likeness (QED) is 0.482. The van der Waals surface area contributed by atoms with E-state index in [4.69, 9.17) is 0 Å². The standard InChI is InChI=1S/C8H12O/c1-6-3-4-7(2)8(9)5-6/h4,6H,3,5H2,1-2H3/t6-/m0/s1. The molecular formula is C8H12O. The highest BCUT2D eigenvalue weighted by molar-refractivity contribution is 5.95. The third kappa shape index (κ3) is 1.41. The summed E-state index contributed by atoms with van der Waals surface area (Å²) in [6.45, 7) is 4.01. The van der Waals surface area contributed by atoms with Crippen LogP contribution in [0.5, 0.6) is 0 Å². The van der Waals surface area contributed by atoms with Gasteiger partial charge in [0.1, 0.15) is 0 Å².